The highest BCUT2D eigenvalue weighted by atomic mass is 32.2. The van der Waals surface area contributed by atoms with Crippen LogP contribution < -0.4 is 10.0 Å². The number of ketones is 1. The summed E-state index contributed by atoms with van der Waals surface area (Å²) in [5, 5.41) is 14.5. The maximum absolute atomic E-state index is 12.4. The number of hydrogen-bond donors (Lipinski definition) is 0. The van der Waals surface area contributed by atoms with Gasteiger partial charge in [-0.05, 0) is 59.5 Å². The number of hydrazone groups is 2. The van der Waals surface area contributed by atoms with E-state index in [0.29, 0.717) is 11.0 Å². The van der Waals surface area contributed by atoms with E-state index in [1.807, 2.05) is 53.5 Å². The minimum atomic E-state index is -0.662. The van der Waals surface area contributed by atoms with Crippen LogP contribution in [0.3, 0.4) is 0 Å². The molecule has 0 saturated heterocycles. The molecule has 0 N–H and O–H groups in total. The number of rotatable bonds is 5. The fourth-order valence-corrected chi connectivity index (χ4v) is 5.62. The van der Waals surface area contributed by atoms with Crippen molar-refractivity contribution >= 4 is 39.7 Å². The molecular weight excluding hydrogens is 440 g/mol. The lowest BCUT2D eigenvalue weighted by Gasteiger charge is -2.46. The van der Waals surface area contributed by atoms with Gasteiger partial charge >= 0.3 is 0 Å². The van der Waals surface area contributed by atoms with Gasteiger partial charge in [-0.15, -0.1) is 0 Å². The van der Waals surface area contributed by atoms with E-state index in [9.17, 15) is 4.79 Å². The maximum atomic E-state index is 12.4. The Morgan fingerprint density at radius 1 is 0.853 bits per heavy atom. The molecule has 1 spiro atoms. The maximum Gasteiger partial charge on any atom is 0.208 e. The topological polar surface area (TPSA) is 48.3 Å². The van der Waals surface area contributed by atoms with Crippen molar-refractivity contribution in [3.63, 3.8) is 0 Å². The highest BCUT2D eigenvalue weighted by Crippen LogP contribution is 2.50. The van der Waals surface area contributed by atoms with Gasteiger partial charge in [-0.1, -0.05) is 74.5 Å². The molecule has 0 fully saturated rings. The Labute approximate surface area is 205 Å². The highest BCUT2D eigenvalue weighted by Gasteiger charge is 2.52. The minimum absolute atomic E-state index is 0.0325. The van der Waals surface area contributed by atoms with Crippen LogP contribution in [0.2, 0.25) is 0 Å². The zero-order valence-corrected chi connectivity index (χ0v) is 20.5. The molecule has 0 unspecified atom stereocenters. The molecular formula is C28H28N4OS. The number of thioether (sulfide) groups is 1. The Morgan fingerprint density at radius 2 is 1.41 bits per heavy atom. The Kier molecular flexibility index (Phi) is 6.00. The van der Waals surface area contributed by atoms with Gasteiger partial charge in [-0.2, -0.15) is 10.2 Å². The Bertz CT molecular complexity index is 1240. The van der Waals surface area contributed by atoms with E-state index in [-0.39, 0.29) is 5.78 Å². The fraction of sp³-hybridized carbons (Fsp3) is 0.250. The van der Waals surface area contributed by atoms with Crippen molar-refractivity contribution in [2.75, 3.05) is 10.0 Å². The third-order valence-electron chi connectivity index (χ3n) is 6.23. The largest absolute Gasteiger partial charge is 0.292 e. The van der Waals surface area contributed by atoms with Crippen LogP contribution in [0.5, 0.6) is 0 Å². The molecule has 6 heteroatoms. The van der Waals surface area contributed by atoms with Crippen molar-refractivity contribution in [1.29, 1.82) is 0 Å². The van der Waals surface area contributed by atoms with Crippen LogP contribution in [0, 0.1) is 0 Å². The molecule has 0 bridgehead atoms. The first kappa shape index (κ1) is 22.4. The van der Waals surface area contributed by atoms with E-state index in [4.69, 9.17) is 10.2 Å². The summed E-state index contributed by atoms with van der Waals surface area (Å²) in [6.45, 7) is 5.99. The van der Waals surface area contributed by atoms with Crippen LogP contribution in [0.4, 0.5) is 11.4 Å². The summed E-state index contributed by atoms with van der Waals surface area (Å²) in [6, 6.07) is 28.9. The molecule has 0 radical (unpaired) electrons. The van der Waals surface area contributed by atoms with Gasteiger partial charge in [-0.25, -0.2) is 10.0 Å². The van der Waals surface area contributed by atoms with Gasteiger partial charge in [-0.3, -0.25) is 4.79 Å². The van der Waals surface area contributed by atoms with Crippen LogP contribution in [-0.2, 0) is 4.79 Å². The summed E-state index contributed by atoms with van der Waals surface area (Å²) in [5.41, 5.74) is 5.38. The summed E-state index contributed by atoms with van der Waals surface area (Å²) >= 11 is 1.50. The van der Waals surface area contributed by atoms with E-state index in [1.165, 1.54) is 17.3 Å². The summed E-state index contributed by atoms with van der Waals surface area (Å²) in [5.74, 6) is 0.456. The Balaban J connectivity index is 1.62. The molecule has 5 rings (SSSR count). The predicted molar refractivity (Wildman–Crippen MR) is 143 cm³/mol. The molecule has 0 amide bonds. The second-order valence-corrected chi connectivity index (χ2v) is 10.2. The number of nitrogens with zero attached hydrogens (tertiary/aromatic N) is 4. The molecule has 0 saturated carbocycles. The lowest BCUT2D eigenvalue weighted by molar-refractivity contribution is -0.110. The number of Topliss-reactive ketones (excluding diaryl/α,β-unsaturated/α-hetero) is 1. The number of benzene rings is 3. The summed E-state index contributed by atoms with van der Waals surface area (Å²) < 4.78 is 0. The Morgan fingerprint density at radius 3 is 1.94 bits per heavy atom. The molecule has 3 aromatic rings. The van der Waals surface area contributed by atoms with Crippen LogP contribution in [0.15, 0.2) is 95.1 Å². The quantitative estimate of drug-likeness (QED) is 0.422. The first-order valence-electron chi connectivity index (χ1n) is 11.6. The summed E-state index contributed by atoms with van der Waals surface area (Å²) in [4.78, 5) is 11.8. The van der Waals surface area contributed by atoms with Gasteiger partial charge in [0.25, 0.3) is 0 Å². The zero-order valence-electron chi connectivity index (χ0n) is 19.7. The standard InChI is InChI=1S/C28H28N4OS/c1-20(2)22-14-16-23(17-15-22)26-18-19-28(31(29-26)24-10-6-4-7-11-24)32(25-12-8-5-9-13-25)30-27(34-28)21(3)33/h4-17,20H,18-19H2,1-3H3/t28-/m0/s1. The van der Waals surface area contributed by atoms with Crippen molar-refractivity contribution in [1.82, 2.24) is 0 Å². The van der Waals surface area contributed by atoms with Crippen LogP contribution >= 0.6 is 11.8 Å². The molecule has 34 heavy (non-hydrogen) atoms. The molecule has 2 heterocycles. The van der Waals surface area contributed by atoms with Crippen LogP contribution in [0.1, 0.15) is 50.7 Å². The number of carbonyl (C=O) groups excluding carboxylic acids is 1. The van der Waals surface area contributed by atoms with E-state index in [2.05, 4.69) is 55.3 Å². The number of para-hydroxylation sites is 2. The molecule has 5 nitrogen and oxygen atoms in total. The second kappa shape index (κ2) is 9.11. The van der Waals surface area contributed by atoms with Gasteiger partial charge in [0, 0.05) is 13.3 Å². The molecule has 3 aromatic carbocycles. The monoisotopic (exact) mass is 468 g/mol. The smallest absolute Gasteiger partial charge is 0.208 e. The predicted octanol–water partition coefficient (Wildman–Crippen LogP) is 6.62. The van der Waals surface area contributed by atoms with Crippen LogP contribution in [-0.4, -0.2) is 21.5 Å². The normalized spacial score (nSPS) is 20.0. The van der Waals surface area contributed by atoms with Gasteiger partial charge < -0.3 is 0 Å². The molecule has 0 aromatic heterocycles. The first-order valence-corrected chi connectivity index (χ1v) is 12.5. The molecule has 2 aliphatic heterocycles. The van der Waals surface area contributed by atoms with E-state index in [1.54, 1.807) is 6.92 Å². The van der Waals surface area contributed by atoms with Crippen molar-refractivity contribution in [2.45, 2.75) is 44.5 Å². The van der Waals surface area contributed by atoms with Gasteiger partial charge in [0.1, 0.15) is 0 Å². The van der Waals surface area contributed by atoms with Gasteiger partial charge in [0.2, 0.25) is 4.99 Å². The Hall–Kier alpha value is -3.38. The average Bonchev–Trinajstić information content (AvgIpc) is 3.25. The fourth-order valence-electron chi connectivity index (χ4n) is 4.38. The summed E-state index contributed by atoms with van der Waals surface area (Å²) in [7, 11) is 0. The highest BCUT2D eigenvalue weighted by molar-refractivity contribution is 8.17. The lowest BCUT2D eigenvalue weighted by Crippen LogP contribution is -2.56. The molecule has 172 valence electrons. The van der Waals surface area contributed by atoms with Crippen molar-refractivity contribution < 1.29 is 4.79 Å². The minimum Gasteiger partial charge on any atom is -0.292 e. The second-order valence-electron chi connectivity index (χ2n) is 8.92. The number of carbonyl (C=O) groups is 1. The molecule has 1 atom stereocenters. The number of hydrogen-bond acceptors (Lipinski definition) is 6. The van der Waals surface area contributed by atoms with Gasteiger partial charge in [0.05, 0.1) is 17.1 Å². The summed E-state index contributed by atoms with van der Waals surface area (Å²) in [6.07, 6.45) is 1.54. The first-order chi connectivity index (χ1) is 16.5. The van der Waals surface area contributed by atoms with E-state index < -0.39 is 4.99 Å². The van der Waals surface area contributed by atoms with Crippen molar-refractivity contribution in [2.24, 2.45) is 10.2 Å². The van der Waals surface area contributed by atoms with Crippen molar-refractivity contribution in [3.8, 4) is 0 Å². The van der Waals surface area contributed by atoms with Crippen molar-refractivity contribution in [3.05, 3.63) is 96.1 Å². The van der Waals surface area contributed by atoms with Crippen LogP contribution in [0.25, 0.3) is 0 Å². The third-order valence-corrected chi connectivity index (χ3v) is 7.67. The average molecular weight is 469 g/mol. The van der Waals surface area contributed by atoms with E-state index >= 15 is 0 Å². The molecule has 2 aliphatic rings. The number of anilines is 2. The van der Waals surface area contributed by atoms with E-state index in [0.717, 1.165) is 35.5 Å². The third kappa shape index (κ3) is 4.03. The lowest BCUT2D eigenvalue weighted by atomic mass is 9.97. The molecule has 0 aliphatic carbocycles. The zero-order chi connectivity index (χ0) is 23.7. The SMILES string of the molecule is CC(=O)C1=NN(c2ccccc2)[C@@]2(CCC(c3ccc(C(C)C)cc3)=NN2c2ccccc2)S1. The van der Waals surface area contributed by atoms with Gasteiger partial charge in [0.15, 0.2) is 10.8 Å².